The number of nitrogens with one attached hydrogen (secondary N) is 1. The molecule has 23 heavy (non-hydrogen) atoms. The molecule has 124 valence electrons. The van der Waals surface area contributed by atoms with Crippen molar-refractivity contribution in [3.8, 4) is 0 Å². The highest BCUT2D eigenvalue weighted by molar-refractivity contribution is 7.89. The molecular formula is C15H14F3NO3S. The summed E-state index contributed by atoms with van der Waals surface area (Å²) in [5, 5.41) is 10.0. The summed E-state index contributed by atoms with van der Waals surface area (Å²) in [5.74, 6) is -2.98. The van der Waals surface area contributed by atoms with E-state index in [1.165, 1.54) is 19.1 Å². The Kier molecular flexibility index (Phi) is 5.08. The Balaban J connectivity index is 2.28. The van der Waals surface area contributed by atoms with E-state index in [1.54, 1.807) is 0 Å². The number of aliphatic hydroxyl groups is 1. The van der Waals surface area contributed by atoms with Crippen molar-refractivity contribution < 1.29 is 26.7 Å². The first kappa shape index (κ1) is 17.5. The second-order valence-electron chi connectivity index (χ2n) is 4.92. The van der Waals surface area contributed by atoms with Crippen LogP contribution >= 0.6 is 0 Å². The zero-order valence-electron chi connectivity index (χ0n) is 12.0. The maximum atomic E-state index is 13.6. The lowest BCUT2D eigenvalue weighted by Gasteiger charge is -2.21. The fourth-order valence-electron chi connectivity index (χ4n) is 2.08. The summed E-state index contributed by atoms with van der Waals surface area (Å²) in [6.45, 7) is 1.22. The molecule has 0 aromatic heterocycles. The Morgan fingerprint density at radius 3 is 2.04 bits per heavy atom. The predicted molar refractivity (Wildman–Crippen MR) is 77.5 cm³/mol. The van der Waals surface area contributed by atoms with Crippen LogP contribution in [0.4, 0.5) is 13.2 Å². The van der Waals surface area contributed by atoms with Crippen LogP contribution in [0.5, 0.6) is 0 Å². The molecule has 8 heteroatoms. The summed E-state index contributed by atoms with van der Waals surface area (Å²) < 4.78 is 67.1. The Hall–Kier alpha value is -1.90. The van der Waals surface area contributed by atoms with Crippen LogP contribution < -0.4 is 4.72 Å². The van der Waals surface area contributed by atoms with Crippen LogP contribution in [0.25, 0.3) is 0 Å². The van der Waals surface area contributed by atoms with E-state index in [1.807, 2.05) is 4.72 Å². The second-order valence-corrected chi connectivity index (χ2v) is 6.60. The highest BCUT2D eigenvalue weighted by atomic mass is 32.2. The predicted octanol–water partition coefficient (Wildman–Crippen LogP) is 2.50. The van der Waals surface area contributed by atoms with Gasteiger partial charge in [-0.05, 0) is 31.2 Å². The number of aliphatic hydroxyl groups excluding tert-OH is 1. The third kappa shape index (κ3) is 3.72. The minimum Gasteiger partial charge on any atom is -0.387 e. The monoisotopic (exact) mass is 345 g/mol. The molecule has 2 N–H and O–H groups in total. The van der Waals surface area contributed by atoms with Crippen LogP contribution in [0, 0.1) is 17.5 Å². The van der Waals surface area contributed by atoms with Crippen LogP contribution in [0.15, 0.2) is 47.4 Å². The molecule has 0 bridgehead atoms. The van der Waals surface area contributed by atoms with Gasteiger partial charge in [0.2, 0.25) is 10.0 Å². The maximum Gasteiger partial charge on any atom is 0.243 e. The molecule has 2 aromatic rings. The maximum absolute atomic E-state index is 13.6. The first-order chi connectivity index (χ1) is 10.7. The lowest BCUT2D eigenvalue weighted by atomic mass is 10.0. The van der Waals surface area contributed by atoms with Gasteiger partial charge in [0.25, 0.3) is 0 Å². The second kappa shape index (κ2) is 6.69. The Labute approximate surface area is 131 Å². The average Bonchev–Trinajstić information content (AvgIpc) is 2.46. The van der Waals surface area contributed by atoms with Gasteiger partial charge in [-0.15, -0.1) is 0 Å². The molecule has 2 rings (SSSR count). The van der Waals surface area contributed by atoms with E-state index in [9.17, 15) is 26.7 Å². The lowest BCUT2D eigenvalue weighted by molar-refractivity contribution is 0.137. The van der Waals surface area contributed by atoms with Gasteiger partial charge in [-0.25, -0.2) is 26.3 Å². The van der Waals surface area contributed by atoms with E-state index in [0.29, 0.717) is 0 Å². The summed E-state index contributed by atoms with van der Waals surface area (Å²) in [6, 6.07) is 6.38. The van der Waals surface area contributed by atoms with Crippen molar-refractivity contribution in [2.45, 2.75) is 24.0 Å². The number of sulfonamides is 1. The topological polar surface area (TPSA) is 66.4 Å². The fourth-order valence-corrected chi connectivity index (χ4v) is 3.41. The summed E-state index contributed by atoms with van der Waals surface area (Å²) in [7, 11) is -4.30. The third-order valence-electron chi connectivity index (χ3n) is 3.24. The van der Waals surface area contributed by atoms with Crippen molar-refractivity contribution in [1.82, 2.24) is 4.72 Å². The number of hydrogen-bond acceptors (Lipinski definition) is 3. The van der Waals surface area contributed by atoms with Crippen molar-refractivity contribution in [1.29, 1.82) is 0 Å². The molecule has 0 aliphatic rings. The molecule has 0 spiro atoms. The van der Waals surface area contributed by atoms with Crippen molar-refractivity contribution in [2.24, 2.45) is 0 Å². The standard InChI is InChI=1S/C15H14F3NO3S/c1-9(15(20)14-11(17)6-4-7-12(14)18)19-23(21,22)13-8-3-2-5-10(13)16/h2-9,15,19-20H,1H3. The highest BCUT2D eigenvalue weighted by Gasteiger charge is 2.28. The molecule has 2 atom stereocenters. The molecule has 4 nitrogen and oxygen atoms in total. The SMILES string of the molecule is CC(NS(=O)(=O)c1ccccc1F)C(O)c1c(F)cccc1F. The van der Waals surface area contributed by atoms with E-state index in [-0.39, 0.29) is 0 Å². The normalized spacial score (nSPS) is 14.5. The molecule has 0 saturated carbocycles. The van der Waals surface area contributed by atoms with Crippen molar-refractivity contribution in [3.05, 3.63) is 65.5 Å². The Morgan fingerprint density at radius 2 is 1.48 bits per heavy atom. The minimum atomic E-state index is -4.30. The van der Waals surface area contributed by atoms with Crippen molar-refractivity contribution in [3.63, 3.8) is 0 Å². The first-order valence-electron chi connectivity index (χ1n) is 6.63. The van der Waals surface area contributed by atoms with Crippen LogP contribution in [0.1, 0.15) is 18.6 Å². The van der Waals surface area contributed by atoms with Gasteiger partial charge in [-0.3, -0.25) is 0 Å². The molecule has 0 fully saturated rings. The lowest BCUT2D eigenvalue weighted by Crippen LogP contribution is -2.38. The van der Waals surface area contributed by atoms with E-state index >= 15 is 0 Å². The molecular weight excluding hydrogens is 331 g/mol. The van der Waals surface area contributed by atoms with Gasteiger partial charge in [0.05, 0.1) is 5.56 Å². The number of halogens is 3. The van der Waals surface area contributed by atoms with Gasteiger partial charge in [-0.1, -0.05) is 18.2 Å². The molecule has 0 aliphatic carbocycles. The number of benzene rings is 2. The zero-order valence-corrected chi connectivity index (χ0v) is 12.8. The van der Waals surface area contributed by atoms with E-state index in [2.05, 4.69) is 0 Å². The van der Waals surface area contributed by atoms with Crippen LogP contribution in [-0.4, -0.2) is 19.6 Å². The summed E-state index contributed by atoms with van der Waals surface area (Å²) in [5.41, 5.74) is -0.656. The van der Waals surface area contributed by atoms with Gasteiger partial charge in [-0.2, -0.15) is 0 Å². The molecule has 0 saturated heterocycles. The molecule has 0 heterocycles. The van der Waals surface area contributed by atoms with Gasteiger partial charge < -0.3 is 5.11 Å². The van der Waals surface area contributed by atoms with Crippen molar-refractivity contribution in [2.75, 3.05) is 0 Å². The Bertz CT molecular complexity index is 791. The van der Waals surface area contributed by atoms with Crippen LogP contribution in [0.3, 0.4) is 0 Å². The molecule has 2 aromatic carbocycles. The summed E-state index contributed by atoms with van der Waals surface area (Å²) in [6.07, 6.45) is -1.78. The van der Waals surface area contributed by atoms with Crippen LogP contribution in [0.2, 0.25) is 0 Å². The average molecular weight is 345 g/mol. The van der Waals surface area contributed by atoms with Gasteiger partial charge in [0.1, 0.15) is 28.5 Å². The van der Waals surface area contributed by atoms with Gasteiger partial charge in [0, 0.05) is 6.04 Å². The van der Waals surface area contributed by atoms with Gasteiger partial charge >= 0.3 is 0 Å². The molecule has 0 radical (unpaired) electrons. The minimum absolute atomic E-state index is 0.618. The Morgan fingerprint density at radius 1 is 0.957 bits per heavy atom. The molecule has 0 amide bonds. The largest absolute Gasteiger partial charge is 0.387 e. The quantitative estimate of drug-likeness (QED) is 0.875. The molecule has 2 unspecified atom stereocenters. The summed E-state index contributed by atoms with van der Waals surface area (Å²) in [4.78, 5) is -0.618. The van der Waals surface area contributed by atoms with E-state index in [0.717, 1.165) is 30.3 Å². The van der Waals surface area contributed by atoms with E-state index in [4.69, 9.17) is 0 Å². The summed E-state index contributed by atoms with van der Waals surface area (Å²) >= 11 is 0. The van der Waals surface area contributed by atoms with Gasteiger partial charge in [0.15, 0.2) is 0 Å². The first-order valence-corrected chi connectivity index (χ1v) is 8.11. The van der Waals surface area contributed by atoms with E-state index < -0.39 is 50.1 Å². The number of rotatable bonds is 5. The fraction of sp³-hybridized carbons (Fsp3) is 0.200. The zero-order chi connectivity index (χ0) is 17.2. The van der Waals surface area contributed by atoms with Crippen LogP contribution in [-0.2, 0) is 10.0 Å². The molecule has 0 aliphatic heterocycles. The highest BCUT2D eigenvalue weighted by Crippen LogP contribution is 2.24. The third-order valence-corrected chi connectivity index (χ3v) is 4.83. The smallest absolute Gasteiger partial charge is 0.243 e. The number of hydrogen-bond donors (Lipinski definition) is 2. The van der Waals surface area contributed by atoms with Crippen molar-refractivity contribution >= 4 is 10.0 Å².